The molecule has 2 aromatic rings. The van der Waals surface area contributed by atoms with Crippen molar-refractivity contribution in [2.45, 2.75) is 50.2 Å². The van der Waals surface area contributed by atoms with Gasteiger partial charge in [-0.3, -0.25) is 9.59 Å². The molecule has 5 nitrogen and oxygen atoms in total. The molecule has 2 aliphatic rings. The zero-order chi connectivity index (χ0) is 21.8. The van der Waals surface area contributed by atoms with E-state index in [2.05, 4.69) is 5.32 Å². The van der Waals surface area contributed by atoms with Gasteiger partial charge in [-0.25, -0.2) is 4.39 Å². The van der Waals surface area contributed by atoms with Gasteiger partial charge in [0.25, 0.3) is 5.91 Å². The number of rotatable bonds is 5. The number of hydrogen-bond donors (Lipinski definition) is 1. The minimum atomic E-state index is -0.523. The normalized spacial score (nSPS) is 21.1. The van der Waals surface area contributed by atoms with E-state index in [1.54, 1.807) is 12.1 Å². The average molecular weight is 425 g/mol. The zero-order valence-electron chi connectivity index (χ0n) is 17.9. The molecule has 2 saturated heterocycles. The van der Waals surface area contributed by atoms with Crippen LogP contribution in [0.2, 0.25) is 0 Å². The molecule has 2 aliphatic heterocycles. The van der Waals surface area contributed by atoms with Crippen LogP contribution in [0.5, 0.6) is 0 Å². The molecular formula is C25H29FN2O3. The van der Waals surface area contributed by atoms with Crippen molar-refractivity contribution in [3.8, 4) is 0 Å². The lowest BCUT2D eigenvalue weighted by Crippen LogP contribution is -2.48. The molecule has 2 heterocycles. The number of ether oxygens (including phenoxy) is 1. The number of halogens is 1. The molecule has 0 bridgehead atoms. The van der Waals surface area contributed by atoms with Gasteiger partial charge < -0.3 is 15.0 Å². The minimum Gasteiger partial charge on any atom is -0.370 e. The summed E-state index contributed by atoms with van der Waals surface area (Å²) in [6.07, 6.45) is 3.30. The largest absolute Gasteiger partial charge is 0.370 e. The Hall–Kier alpha value is -2.73. The van der Waals surface area contributed by atoms with Gasteiger partial charge in [0.05, 0.1) is 23.2 Å². The summed E-state index contributed by atoms with van der Waals surface area (Å²) in [4.78, 5) is 27.1. The molecule has 2 amide bonds. The van der Waals surface area contributed by atoms with Crippen molar-refractivity contribution < 1.29 is 18.7 Å². The number of benzene rings is 2. The van der Waals surface area contributed by atoms with Gasteiger partial charge in [0, 0.05) is 19.6 Å². The highest BCUT2D eigenvalue weighted by Crippen LogP contribution is 2.39. The van der Waals surface area contributed by atoms with Crippen LogP contribution in [-0.4, -0.2) is 48.1 Å². The van der Waals surface area contributed by atoms with Gasteiger partial charge in [-0.2, -0.15) is 0 Å². The van der Waals surface area contributed by atoms with E-state index < -0.39 is 11.7 Å². The summed E-state index contributed by atoms with van der Waals surface area (Å²) in [5.41, 5.74) is 0.866. The third-order valence-electron chi connectivity index (χ3n) is 6.60. The number of carbonyl (C=O) groups is 2. The molecule has 2 fully saturated rings. The quantitative estimate of drug-likeness (QED) is 0.792. The van der Waals surface area contributed by atoms with Crippen molar-refractivity contribution in [1.82, 2.24) is 10.2 Å². The first kappa shape index (κ1) is 21.5. The summed E-state index contributed by atoms with van der Waals surface area (Å²) in [5, 5.41) is 2.80. The van der Waals surface area contributed by atoms with Crippen LogP contribution < -0.4 is 5.32 Å². The third-order valence-corrected chi connectivity index (χ3v) is 6.60. The van der Waals surface area contributed by atoms with E-state index in [0.717, 1.165) is 31.2 Å². The van der Waals surface area contributed by atoms with Crippen LogP contribution in [0.4, 0.5) is 4.39 Å². The predicted octanol–water partition coefficient (Wildman–Crippen LogP) is 3.90. The maximum absolute atomic E-state index is 13.8. The number of amides is 2. The highest BCUT2D eigenvalue weighted by Gasteiger charge is 2.43. The Morgan fingerprint density at radius 1 is 1.10 bits per heavy atom. The Balaban J connectivity index is 1.26. The minimum absolute atomic E-state index is 0.0505. The van der Waals surface area contributed by atoms with E-state index in [9.17, 15) is 14.0 Å². The van der Waals surface area contributed by atoms with Gasteiger partial charge in [0.2, 0.25) is 5.91 Å². The average Bonchev–Trinajstić information content (AvgIpc) is 3.20. The number of piperidine rings is 1. The van der Waals surface area contributed by atoms with Crippen molar-refractivity contribution in [3.05, 3.63) is 71.5 Å². The monoisotopic (exact) mass is 424 g/mol. The first-order valence-corrected chi connectivity index (χ1v) is 11.0. The Morgan fingerprint density at radius 2 is 1.77 bits per heavy atom. The molecule has 164 valence electrons. The number of carbonyl (C=O) groups excluding carboxylic acids is 2. The first-order valence-electron chi connectivity index (χ1n) is 11.0. The molecule has 0 radical (unpaired) electrons. The van der Waals surface area contributed by atoms with Crippen LogP contribution in [-0.2, 0) is 9.53 Å². The van der Waals surface area contributed by atoms with E-state index in [4.69, 9.17) is 4.74 Å². The Morgan fingerprint density at radius 3 is 2.48 bits per heavy atom. The fraction of sp³-hybridized carbons (Fsp3) is 0.440. The van der Waals surface area contributed by atoms with Gasteiger partial charge >= 0.3 is 0 Å². The van der Waals surface area contributed by atoms with Crippen LogP contribution in [0.3, 0.4) is 0 Å². The second kappa shape index (κ2) is 9.18. The van der Waals surface area contributed by atoms with Gasteiger partial charge in [-0.05, 0) is 50.3 Å². The maximum atomic E-state index is 13.8. The van der Waals surface area contributed by atoms with E-state index in [-0.39, 0.29) is 29.1 Å². The summed E-state index contributed by atoms with van der Waals surface area (Å²) in [5.74, 6) is -0.933. The lowest BCUT2D eigenvalue weighted by molar-refractivity contribution is -0.138. The zero-order valence-corrected chi connectivity index (χ0v) is 17.9. The van der Waals surface area contributed by atoms with Gasteiger partial charge in [0.1, 0.15) is 5.82 Å². The second-order valence-electron chi connectivity index (χ2n) is 8.61. The second-order valence-corrected chi connectivity index (χ2v) is 8.61. The van der Waals surface area contributed by atoms with Crippen LogP contribution >= 0.6 is 0 Å². The number of likely N-dealkylation sites (tertiary alicyclic amines) is 1. The van der Waals surface area contributed by atoms with Gasteiger partial charge in [0.15, 0.2) is 0 Å². The molecule has 0 aromatic heterocycles. The Labute approximate surface area is 182 Å². The van der Waals surface area contributed by atoms with Gasteiger partial charge in [-0.15, -0.1) is 0 Å². The predicted molar refractivity (Wildman–Crippen MR) is 116 cm³/mol. The SMILES string of the molecule is C[C@@H](C(=O)N1CCC2(CC[C@H](CNC(=O)c3ccccc3F)O2)CC1)c1ccccc1. The number of nitrogens with zero attached hydrogens (tertiary/aromatic N) is 1. The standard InChI is InChI=1S/C25H29FN2O3/c1-18(19-7-3-2-4-8-19)24(30)28-15-13-25(14-16-28)12-11-20(31-25)17-27-23(29)21-9-5-6-10-22(21)26/h2-10,18,20H,11-17H2,1H3,(H,27,29)/t18-,20-/m1/s1. The van der Waals surface area contributed by atoms with E-state index in [0.29, 0.717) is 19.6 Å². The smallest absolute Gasteiger partial charge is 0.254 e. The summed E-state index contributed by atoms with van der Waals surface area (Å²) in [7, 11) is 0. The molecule has 0 saturated carbocycles. The molecule has 4 rings (SSSR count). The molecule has 0 aliphatic carbocycles. The lowest BCUT2D eigenvalue weighted by Gasteiger charge is -2.40. The lowest BCUT2D eigenvalue weighted by atomic mass is 9.87. The summed E-state index contributed by atoms with van der Waals surface area (Å²) < 4.78 is 20.1. The maximum Gasteiger partial charge on any atom is 0.254 e. The number of hydrogen-bond acceptors (Lipinski definition) is 3. The molecule has 2 aromatic carbocycles. The summed E-state index contributed by atoms with van der Waals surface area (Å²) in [6.45, 7) is 3.69. The Kier molecular flexibility index (Phi) is 6.37. The Bertz CT molecular complexity index is 925. The van der Waals surface area contributed by atoms with Crippen molar-refractivity contribution in [1.29, 1.82) is 0 Å². The first-order chi connectivity index (χ1) is 15.0. The fourth-order valence-electron chi connectivity index (χ4n) is 4.65. The van der Waals surface area contributed by atoms with Crippen LogP contribution in [0.15, 0.2) is 54.6 Å². The summed E-state index contributed by atoms with van der Waals surface area (Å²) >= 11 is 0. The van der Waals surface area contributed by atoms with Crippen molar-refractivity contribution >= 4 is 11.8 Å². The van der Waals surface area contributed by atoms with Crippen LogP contribution in [0.1, 0.15) is 54.4 Å². The molecule has 1 N–H and O–H groups in total. The molecule has 2 atom stereocenters. The van der Waals surface area contributed by atoms with Crippen molar-refractivity contribution in [3.63, 3.8) is 0 Å². The van der Waals surface area contributed by atoms with E-state index in [1.165, 1.54) is 12.1 Å². The molecular weight excluding hydrogens is 395 g/mol. The number of nitrogens with one attached hydrogen (secondary N) is 1. The summed E-state index contributed by atoms with van der Waals surface area (Å²) in [6, 6.07) is 15.8. The topological polar surface area (TPSA) is 58.6 Å². The van der Waals surface area contributed by atoms with Gasteiger partial charge in [-0.1, -0.05) is 42.5 Å². The van der Waals surface area contributed by atoms with Crippen molar-refractivity contribution in [2.24, 2.45) is 0 Å². The van der Waals surface area contributed by atoms with Crippen LogP contribution in [0, 0.1) is 5.82 Å². The van der Waals surface area contributed by atoms with Crippen molar-refractivity contribution in [2.75, 3.05) is 19.6 Å². The fourth-order valence-corrected chi connectivity index (χ4v) is 4.65. The third kappa shape index (κ3) is 4.79. The molecule has 1 spiro atoms. The molecule has 31 heavy (non-hydrogen) atoms. The molecule has 0 unspecified atom stereocenters. The highest BCUT2D eigenvalue weighted by atomic mass is 19.1. The van der Waals surface area contributed by atoms with Crippen LogP contribution in [0.25, 0.3) is 0 Å². The molecule has 6 heteroatoms. The van der Waals surface area contributed by atoms with E-state index >= 15 is 0 Å². The van der Waals surface area contributed by atoms with E-state index in [1.807, 2.05) is 42.2 Å². The highest BCUT2D eigenvalue weighted by molar-refractivity contribution is 5.94.